The van der Waals surface area contributed by atoms with Crippen LogP contribution in [-0.2, 0) is 11.2 Å². The maximum atomic E-state index is 12.1. The highest BCUT2D eigenvalue weighted by Gasteiger charge is 2.19. The van der Waals surface area contributed by atoms with Gasteiger partial charge in [-0.25, -0.2) is 0 Å². The van der Waals surface area contributed by atoms with Gasteiger partial charge >= 0.3 is 0 Å². The molecule has 4 nitrogen and oxygen atoms in total. The van der Waals surface area contributed by atoms with Gasteiger partial charge in [-0.2, -0.15) is 0 Å². The number of benzene rings is 1. The predicted molar refractivity (Wildman–Crippen MR) is 78.6 cm³/mol. The van der Waals surface area contributed by atoms with Crippen molar-refractivity contribution in [3.05, 3.63) is 36.1 Å². The van der Waals surface area contributed by atoms with Crippen LogP contribution in [-0.4, -0.2) is 37.0 Å². The maximum Gasteiger partial charge on any atom is 0.224 e. The van der Waals surface area contributed by atoms with Gasteiger partial charge in [0.25, 0.3) is 0 Å². The van der Waals surface area contributed by atoms with Gasteiger partial charge in [0.15, 0.2) is 0 Å². The molecular weight excluding hydrogens is 252 g/mol. The van der Waals surface area contributed by atoms with Crippen LogP contribution < -0.4 is 5.32 Å². The van der Waals surface area contributed by atoms with Crippen LogP contribution in [0.15, 0.2) is 34.9 Å². The summed E-state index contributed by atoms with van der Waals surface area (Å²) in [6, 6.07) is 8.15. The molecule has 0 spiro atoms. The second kappa shape index (κ2) is 5.67. The van der Waals surface area contributed by atoms with E-state index < -0.39 is 0 Å². The van der Waals surface area contributed by atoms with E-state index in [-0.39, 0.29) is 5.91 Å². The molecule has 1 amide bonds. The number of likely N-dealkylation sites (tertiary alicyclic amines) is 1. The number of carbonyl (C=O) groups excluding carboxylic acids is 1. The zero-order chi connectivity index (χ0) is 13.9. The van der Waals surface area contributed by atoms with Gasteiger partial charge in [-0.1, -0.05) is 18.2 Å². The van der Waals surface area contributed by atoms with Crippen molar-refractivity contribution in [3.8, 4) is 0 Å². The molecule has 1 fully saturated rings. The van der Waals surface area contributed by atoms with Gasteiger partial charge in [-0.05, 0) is 39.0 Å². The largest absolute Gasteiger partial charge is 0.464 e. The second-order valence-electron chi connectivity index (χ2n) is 5.58. The van der Waals surface area contributed by atoms with E-state index in [4.69, 9.17) is 4.42 Å². The molecule has 0 bridgehead atoms. The third-order valence-electron chi connectivity index (χ3n) is 4.00. The van der Waals surface area contributed by atoms with Crippen molar-refractivity contribution >= 4 is 16.9 Å². The van der Waals surface area contributed by atoms with Crippen LogP contribution in [0.2, 0.25) is 0 Å². The molecule has 1 saturated heterocycles. The summed E-state index contributed by atoms with van der Waals surface area (Å²) in [5.41, 5.74) is 1.81. The molecule has 1 aromatic heterocycles. The molecule has 106 valence electrons. The number of para-hydroxylation sites is 1. The number of amides is 1. The number of piperidine rings is 1. The van der Waals surface area contributed by atoms with Crippen LogP contribution in [0.4, 0.5) is 0 Å². The number of nitrogens with one attached hydrogen (secondary N) is 1. The van der Waals surface area contributed by atoms with E-state index in [0.29, 0.717) is 12.5 Å². The van der Waals surface area contributed by atoms with Gasteiger partial charge < -0.3 is 14.6 Å². The molecule has 1 aromatic carbocycles. The summed E-state index contributed by atoms with van der Waals surface area (Å²) in [4.78, 5) is 14.4. The highest BCUT2D eigenvalue weighted by atomic mass is 16.3. The first-order chi connectivity index (χ1) is 9.72. The smallest absolute Gasteiger partial charge is 0.224 e. The van der Waals surface area contributed by atoms with Gasteiger partial charge in [0.1, 0.15) is 5.58 Å². The molecule has 3 rings (SSSR count). The summed E-state index contributed by atoms with van der Waals surface area (Å²) in [7, 11) is 2.12. The number of fused-ring (bicyclic) bond motifs is 1. The van der Waals surface area contributed by atoms with E-state index >= 15 is 0 Å². The van der Waals surface area contributed by atoms with Gasteiger partial charge in [-0.3, -0.25) is 4.79 Å². The highest BCUT2D eigenvalue weighted by molar-refractivity contribution is 5.87. The number of rotatable bonds is 3. The van der Waals surface area contributed by atoms with Gasteiger partial charge in [-0.15, -0.1) is 0 Å². The molecule has 0 aliphatic carbocycles. The fraction of sp³-hybridized carbons (Fsp3) is 0.438. The quantitative estimate of drug-likeness (QED) is 0.931. The summed E-state index contributed by atoms with van der Waals surface area (Å²) >= 11 is 0. The standard InChI is InChI=1S/C16H20N2O2/c1-18-8-6-13(7-9-18)17-16(19)10-12-11-20-15-5-3-2-4-14(12)15/h2-5,11,13H,6-10H2,1H3,(H,17,19). The first-order valence-corrected chi connectivity index (χ1v) is 7.15. The third-order valence-corrected chi connectivity index (χ3v) is 4.00. The van der Waals surface area contributed by atoms with Crippen molar-refractivity contribution in [3.63, 3.8) is 0 Å². The Kier molecular flexibility index (Phi) is 3.74. The van der Waals surface area contributed by atoms with Crippen molar-refractivity contribution < 1.29 is 9.21 Å². The average molecular weight is 272 g/mol. The lowest BCUT2D eigenvalue weighted by Gasteiger charge is -2.29. The summed E-state index contributed by atoms with van der Waals surface area (Å²) in [6.07, 6.45) is 4.16. The Morgan fingerprint density at radius 2 is 2.10 bits per heavy atom. The van der Waals surface area contributed by atoms with Gasteiger partial charge in [0.05, 0.1) is 12.7 Å². The van der Waals surface area contributed by atoms with Crippen molar-refractivity contribution in [1.29, 1.82) is 0 Å². The molecule has 4 heteroatoms. The Bertz CT molecular complexity index is 597. The van der Waals surface area contributed by atoms with E-state index in [1.165, 1.54) is 0 Å². The minimum absolute atomic E-state index is 0.0890. The molecule has 20 heavy (non-hydrogen) atoms. The first kappa shape index (κ1) is 13.2. The molecular formula is C16H20N2O2. The van der Waals surface area contributed by atoms with Crippen molar-refractivity contribution in [2.75, 3.05) is 20.1 Å². The minimum atomic E-state index is 0.0890. The number of carbonyl (C=O) groups is 1. The van der Waals surface area contributed by atoms with Crippen LogP contribution in [0.5, 0.6) is 0 Å². The first-order valence-electron chi connectivity index (χ1n) is 7.15. The molecule has 0 atom stereocenters. The SMILES string of the molecule is CN1CCC(NC(=O)Cc2coc3ccccc23)CC1. The number of hydrogen-bond acceptors (Lipinski definition) is 3. The number of nitrogens with zero attached hydrogens (tertiary/aromatic N) is 1. The molecule has 2 heterocycles. The van der Waals surface area contributed by atoms with E-state index in [0.717, 1.165) is 42.5 Å². The monoisotopic (exact) mass is 272 g/mol. The van der Waals surface area contributed by atoms with E-state index in [2.05, 4.69) is 17.3 Å². The Hall–Kier alpha value is -1.81. The molecule has 0 saturated carbocycles. The van der Waals surface area contributed by atoms with E-state index in [1.807, 2.05) is 24.3 Å². The lowest BCUT2D eigenvalue weighted by molar-refractivity contribution is -0.121. The summed E-state index contributed by atoms with van der Waals surface area (Å²) in [6.45, 7) is 2.11. The second-order valence-corrected chi connectivity index (χ2v) is 5.58. The molecule has 1 aliphatic rings. The van der Waals surface area contributed by atoms with E-state index in [1.54, 1.807) is 6.26 Å². The Morgan fingerprint density at radius 3 is 2.90 bits per heavy atom. The zero-order valence-electron chi connectivity index (χ0n) is 11.8. The molecule has 1 aliphatic heterocycles. The Morgan fingerprint density at radius 1 is 1.35 bits per heavy atom. The lowest BCUT2D eigenvalue weighted by Crippen LogP contribution is -2.43. The number of furan rings is 1. The highest BCUT2D eigenvalue weighted by Crippen LogP contribution is 2.21. The Balaban J connectivity index is 1.61. The van der Waals surface area contributed by atoms with Crippen LogP contribution in [0.25, 0.3) is 11.0 Å². The van der Waals surface area contributed by atoms with Crippen molar-refractivity contribution in [1.82, 2.24) is 10.2 Å². The minimum Gasteiger partial charge on any atom is -0.464 e. The van der Waals surface area contributed by atoms with Crippen molar-refractivity contribution in [2.24, 2.45) is 0 Å². The van der Waals surface area contributed by atoms with Crippen LogP contribution in [0.3, 0.4) is 0 Å². The fourth-order valence-electron chi connectivity index (χ4n) is 2.77. The average Bonchev–Trinajstić information content (AvgIpc) is 2.85. The summed E-state index contributed by atoms with van der Waals surface area (Å²) < 4.78 is 5.47. The van der Waals surface area contributed by atoms with Crippen LogP contribution in [0.1, 0.15) is 18.4 Å². The lowest BCUT2D eigenvalue weighted by atomic mass is 10.0. The van der Waals surface area contributed by atoms with Crippen molar-refractivity contribution in [2.45, 2.75) is 25.3 Å². The van der Waals surface area contributed by atoms with E-state index in [9.17, 15) is 4.79 Å². The molecule has 0 unspecified atom stereocenters. The maximum absolute atomic E-state index is 12.1. The zero-order valence-corrected chi connectivity index (χ0v) is 11.8. The Labute approximate surface area is 118 Å². The topological polar surface area (TPSA) is 45.5 Å². The van der Waals surface area contributed by atoms with Crippen LogP contribution >= 0.6 is 0 Å². The molecule has 2 aromatic rings. The number of hydrogen-bond donors (Lipinski definition) is 1. The summed E-state index contributed by atoms with van der Waals surface area (Å²) in [5, 5.41) is 4.17. The van der Waals surface area contributed by atoms with Gasteiger partial charge in [0, 0.05) is 17.0 Å². The molecule has 1 N–H and O–H groups in total. The predicted octanol–water partition coefficient (Wildman–Crippen LogP) is 2.19. The summed E-state index contributed by atoms with van der Waals surface area (Å²) in [5.74, 6) is 0.0890. The third kappa shape index (κ3) is 2.85. The fourth-order valence-corrected chi connectivity index (χ4v) is 2.77. The normalized spacial score (nSPS) is 17.4. The van der Waals surface area contributed by atoms with Crippen LogP contribution in [0, 0.1) is 0 Å². The van der Waals surface area contributed by atoms with Gasteiger partial charge in [0.2, 0.25) is 5.91 Å². The molecule has 0 radical (unpaired) electrons.